The zero-order chi connectivity index (χ0) is 23.0. The van der Waals surface area contributed by atoms with Gasteiger partial charge < -0.3 is 15.3 Å². The Labute approximate surface area is 188 Å². The highest BCUT2D eigenvalue weighted by atomic mass is 16.3. The summed E-state index contributed by atoms with van der Waals surface area (Å²) < 4.78 is 0. The second-order valence-electron chi connectivity index (χ2n) is 11.2. The van der Waals surface area contributed by atoms with Crippen molar-refractivity contribution < 1.29 is 20.1 Å². The Balaban J connectivity index is 1.72. The van der Waals surface area contributed by atoms with Gasteiger partial charge in [-0.15, -0.1) is 0 Å². The van der Waals surface area contributed by atoms with E-state index in [1.165, 1.54) is 31.3 Å². The zero-order valence-corrected chi connectivity index (χ0v) is 19.9. The first-order valence-corrected chi connectivity index (χ1v) is 12.1. The number of Topliss-reactive ketones (excluding diaryl/α,β-unsaturated/α-hetero) is 1. The molecule has 1 unspecified atom stereocenters. The molecule has 6 atom stereocenters. The minimum Gasteiger partial charge on any atom is -0.393 e. The van der Waals surface area contributed by atoms with Crippen molar-refractivity contribution in [3.05, 3.63) is 35.5 Å². The molecule has 0 spiro atoms. The van der Waals surface area contributed by atoms with E-state index in [-0.39, 0.29) is 11.2 Å². The molecular formula is C27H42O4. The largest absolute Gasteiger partial charge is 0.393 e. The summed E-state index contributed by atoms with van der Waals surface area (Å²) >= 11 is 0. The van der Waals surface area contributed by atoms with Crippen LogP contribution in [0.1, 0.15) is 85.5 Å². The number of carbonyl (C=O) groups is 1. The molecule has 0 saturated heterocycles. The van der Waals surface area contributed by atoms with Crippen molar-refractivity contribution in [3.63, 3.8) is 0 Å². The van der Waals surface area contributed by atoms with Crippen LogP contribution in [-0.4, -0.2) is 38.9 Å². The number of allylic oxidation sites excluding steroid dienone is 3. The summed E-state index contributed by atoms with van der Waals surface area (Å²) in [6, 6.07) is 0. The molecule has 4 nitrogen and oxygen atoms in total. The van der Waals surface area contributed by atoms with Crippen molar-refractivity contribution >= 4 is 5.78 Å². The van der Waals surface area contributed by atoms with Gasteiger partial charge in [0.25, 0.3) is 0 Å². The SMILES string of the molecule is C=C1/C(=C\C=C2/CCC[C@]3(C)C([C@@H](C)CCC(=O)C(C)(C)O)CC[C@@H]23)C[C@@H](O)C[C@@H]1O. The fourth-order valence-corrected chi connectivity index (χ4v) is 6.55. The van der Waals surface area contributed by atoms with Gasteiger partial charge >= 0.3 is 0 Å². The molecule has 0 radical (unpaired) electrons. The van der Waals surface area contributed by atoms with E-state index in [1.54, 1.807) is 13.8 Å². The number of hydrogen-bond donors (Lipinski definition) is 3. The molecule has 0 aliphatic heterocycles. The molecule has 3 rings (SSSR count). The highest BCUT2D eigenvalue weighted by Crippen LogP contribution is 2.59. The van der Waals surface area contributed by atoms with Crippen LogP contribution in [0.15, 0.2) is 35.5 Å². The highest BCUT2D eigenvalue weighted by Gasteiger charge is 2.50. The maximum Gasteiger partial charge on any atom is 0.163 e. The minimum atomic E-state index is -1.24. The summed E-state index contributed by atoms with van der Waals surface area (Å²) in [5.74, 6) is 1.55. The quantitative estimate of drug-likeness (QED) is 0.561. The molecule has 0 aromatic rings. The van der Waals surface area contributed by atoms with Crippen LogP contribution in [-0.2, 0) is 4.79 Å². The first-order valence-electron chi connectivity index (χ1n) is 12.1. The Morgan fingerprint density at radius 1 is 1.29 bits per heavy atom. The topological polar surface area (TPSA) is 77.8 Å². The molecule has 3 saturated carbocycles. The molecule has 0 amide bonds. The average molecular weight is 431 g/mol. The van der Waals surface area contributed by atoms with Gasteiger partial charge in [0, 0.05) is 12.8 Å². The third-order valence-corrected chi connectivity index (χ3v) is 8.50. The number of fused-ring (bicyclic) bond motifs is 1. The standard InChI is InChI=1S/C27H42O4/c1-17(8-13-25(30)26(3,4)31)22-11-12-23-19(7-6-14-27(22,23)5)9-10-20-15-21(28)16-24(29)18(20)2/h9-10,17,21-24,28-29,31H,2,6-8,11-16H2,1,3-5H3/b19-9+,20-10-/t17-,21+,22?,23-,24-,27+/m0/s1. The second-order valence-corrected chi connectivity index (χ2v) is 11.2. The van der Waals surface area contributed by atoms with E-state index in [0.717, 1.165) is 24.0 Å². The molecule has 0 heterocycles. The summed E-state index contributed by atoms with van der Waals surface area (Å²) in [6.07, 6.45) is 11.3. The summed E-state index contributed by atoms with van der Waals surface area (Å²) in [4.78, 5) is 12.2. The monoisotopic (exact) mass is 430 g/mol. The molecule has 0 aromatic carbocycles. The maximum atomic E-state index is 12.2. The predicted octanol–water partition coefficient (Wildman–Crippen LogP) is 4.88. The van der Waals surface area contributed by atoms with E-state index >= 15 is 0 Å². The summed E-state index contributed by atoms with van der Waals surface area (Å²) in [6.45, 7) is 11.9. The first kappa shape index (κ1) is 24.4. The van der Waals surface area contributed by atoms with Crippen LogP contribution in [0, 0.1) is 23.2 Å². The lowest BCUT2D eigenvalue weighted by molar-refractivity contribution is -0.134. The van der Waals surface area contributed by atoms with Crippen molar-refractivity contribution in [1.82, 2.24) is 0 Å². The molecule has 3 aliphatic rings. The van der Waals surface area contributed by atoms with E-state index in [9.17, 15) is 20.1 Å². The number of rotatable bonds is 6. The zero-order valence-electron chi connectivity index (χ0n) is 19.9. The number of aliphatic hydroxyl groups is 3. The number of carbonyl (C=O) groups excluding carboxylic acids is 1. The summed E-state index contributed by atoms with van der Waals surface area (Å²) in [5.41, 5.74) is 2.23. The van der Waals surface area contributed by atoms with E-state index in [4.69, 9.17) is 0 Å². The molecule has 0 bridgehead atoms. The number of hydrogen-bond acceptors (Lipinski definition) is 4. The van der Waals surface area contributed by atoms with Gasteiger partial charge in [-0.3, -0.25) is 4.79 Å². The Bertz CT molecular complexity index is 756. The third-order valence-electron chi connectivity index (χ3n) is 8.50. The molecule has 3 fully saturated rings. The predicted molar refractivity (Wildman–Crippen MR) is 124 cm³/mol. The van der Waals surface area contributed by atoms with Gasteiger partial charge in [-0.1, -0.05) is 38.2 Å². The van der Waals surface area contributed by atoms with Crippen molar-refractivity contribution in [2.24, 2.45) is 23.2 Å². The Morgan fingerprint density at radius 3 is 2.68 bits per heavy atom. The van der Waals surface area contributed by atoms with Gasteiger partial charge in [-0.25, -0.2) is 0 Å². The lowest BCUT2D eigenvalue weighted by Gasteiger charge is -2.44. The third kappa shape index (κ3) is 5.23. The van der Waals surface area contributed by atoms with Gasteiger partial charge in [0.15, 0.2) is 5.78 Å². The van der Waals surface area contributed by atoms with Crippen molar-refractivity contribution in [2.45, 2.75) is 103 Å². The van der Waals surface area contributed by atoms with E-state index in [0.29, 0.717) is 37.0 Å². The number of ketones is 1. The molecule has 31 heavy (non-hydrogen) atoms. The van der Waals surface area contributed by atoms with Gasteiger partial charge in [-0.05, 0) is 93.1 Å². The molecule has 4 heteroatoms. The van der Waals surface area contributed by atoms with Crippen LogP contribution >= 0.6 is 0 Å². The fraction of sp³-hybridized carbons (Fsp3) is 0.741. The van der Waals surface area contributed by atoms with Crippen LogP contribution in [0.25, 0.3) is 0 Å². The Morgan fingerprint density at radius 2 is 2.00 bits per heavy atom. The summed E-state index contributed by atoms with van der Waals surface area (Å²) in [5, 5.41) is 30.1. The normalized spacial score (nSPS) is 37.8. The minimum absolute atomic E-state index is 0.0630. The Kier molecular flexibility index (Phi) is 7.35. The first-order chi connectivity index (χ1) is 14.4. The molecular weight excluding hydrogens is 388 g/mol. The number of aliphatic hydroxyl groups excluding tert-OH is 2. The van der Waals surface area contributed by atoms with Crippen molar-refractivity contribution in [1.29, 1.82) is 0 Å². The van der Waals surface area contributed by atoms with E-state index in [2.05, 4.69) is 32.6 Å². The van der Waals surface area contributed by atoms with E-state index in [1.807, 2.05) is 0 Å². The van der Waals surface area contributed by atoms with Crippen LogP contribution in [0.2, 0.25) is 0 Å². The van der Waals surface area contributed by atoms with Crippen LogP contribution in [0.3, 0.4) is 0 Å². The smallest absolute Gasteiger partial charge is 0.163 e. The lowest BCUT2D eigenvalue weighted by atomic mass is 9.60. The molecule has 0 aromatic heterocycles. The van der Waals surface area contributed by atoms with E-state index < -0.39 is 17.8 Å². The van der Waals surface area contributed by atoms with Gasteiger partial charge in [-0.2, -0.15) is 0 Å². The maximum absolute atomic E-state index is 12.2. The lowest BCUT2D eigenvalue weighted by Crippen LogP contribution is -2.36. The van der Waals surface area contributed by atoms with Crippen molar-refractivity contribution in [2.75, 3.05) is 0 Å². The van der Waals surface area contributed by atoms with Crippen molar-refractivity contribution in [3.8, 4) is 0 Å². The fourth-order valence-electron chi connectivity index (χ4n) is 6.55. The van der Waals surface area contributed by atoms with Gasteiger partial charge in [0.1, 0.15) is 5.60 Å². The van der Waals surface area contributed by atoms with Gasteiger partial charge in [0.2, 0.25) is 0 Å². The molecule has 3 N–H and O–H groups in total. The summed E-state index contributed by atoms with van der Waals surface area (Å²) in [7, 11) is 0. The second kappa shape index (κ2) is 9.33. The van der Waals surface area contributed by atoms with Crippen LogP contribution in [0.4, 0.5) is 0 Å². The molecule has 174 valence electrons. The van der Waals surface area contributed by atoms with Crippen LogP contribution in [0.5, 0.6) is 0 Å². The average Bonchev–Trinajstić information content (AvgIpc) is 3.04. The highest BCUT2D eigenvalue weighted by molar-refractivity contribution is 5.86. The molecule has 3 aliphatic carbocycles. The Hall–Kier alpha value is -1.23. The van der Waals surface area contributed by atoms with Gasteiger partial charge in [0.05, 0.1) is 12.2 Å². The van der Waals surface area contributed by atoms with Crippen LogP contribution < -0.4 is 0 Å².